The predicted octanol–water partition coefficient (Wildman–Crippen LogP) is 2.67. The summed E-state index contributed by atoms with van der Waals surface area (Å²) in [4.78, 5) is 46.5. The molecule has 10 nitrogen and oxygen atoms in total. The number of hydrogen-bond acceptors (Lipinski definition) is 8. The van der Waals surface area contributed by atoms with Gasteiger partial charge in [0, 0.05) is 11.4 Å². The fraction of sp³-hybridized carbons (Fsp3) is 0.100. The monoisotopic (exact) mass is 406 g/mol. The van der Waals surface area contributed by atoms with Crippen molar-refractivity contribution in [2.45, 2.75) is 12.8 Å². The van der Waals surface area contributed by atoms with Crippen molar-refractivity contribution in [2.24, 2.45) is 0 Å². The highest BCUT2D eigenvalue weighted by atomic mass is 16.6. The van der Waals surface area contributed by atoms with Gasteiger partial charge in [0.05, 0.1) is 25.0 Å². The van der Waals surface area contributed by atoms with Gasteiger partial charge in [-0.05, 0) is 35.4 Å². The highest BCUT2D eigenvalue weighted by Crippen LogP contribution is 2.11. The van der Waals surface area contributed by atoms with E-state index in [0.29, 0.717) is 0 Å². The van der Waals surface area contributed by atoms with Crippen LogP contribution in [-0.2, 0) is 31.9 Å². The lowest BCUT2D eigenvalue weighted by Crippen LogP contribution is -2.29. The SMILES string of the molecule is N#CCc1ccc(NC(=O)OC(=O)C(=O)OC(=O)Nc2ccc(CC#N)cc2)cc1. The molecule has 0 radical (unpaired) electrons. The number of anilines is 2. The molecule has 150 valence electrons. The summed E-state index contributed by atoms with van der Waals surface area (Å²) in [6.07, 6.45) is -2.11. The number of nitriles is 2. The van der Waals surface area contributed by atoms with Gasteiger partial charge in [0.15, 0.2) is 0 Å². The van der Waals surface area contributed by atoms with Gasteiger partial charge < -0.3 is 9.47 Å². The van der Waals surface area contributed by atoms with Gasteiger partial charge in [-0.1, -0.05) is 24.3 Å². The average molecular weight is 406 g/mol. The molecule has 0 aliphatic heterocycles. The second kappa shape index (κ2) is 10.6. The van der Waals surface area contributed by atoms with E-state index in [0.717, 1.165) is 11.1 Å². The van der Waals surface area contributed by atoms with Crippen LogP contribution < -0.4 is 10.6 Å². The molecular weight excluding hydrogens is 392 g/mol. The molecule has 30 heavy (non-hydrogen) atoms. The number of rotatable bonds is 4. The minimum Gasteiger partial charge on any atom is -0.367 e. The number of hydrogen-bond donors (Lipinski definition) is 2. The third-order valence-corrected chi connectivity index (χ3v) is 3.50. The normalized spacial score (nSPS) is 9.40. The van der Waals surface area contributed by atoms with Crippen LogP contribution in [0, 0.1) is 22.7 Å². The Labute approximate surface area is 170 Å². The smallest absolute Gasteiger partial charge is 0.367 e. The van der Waals surface area contributed by atoms with Crippen molar-refractivity contribution in [3.8, 4) is 12.1 Å². The van der Waals surface area contributed by atoms with E-state index in [4.69, 9.17) is 10.5 Å². The lowest BCUT2D eigenvalue weighted by atomic mass is 10.1. The Hall–Kier alpha value is -4.70. The molecule has 0 spiro atoms. The molecule has 0 atom stereocenters. The first kappa shape index (κ1) is 21.6. The molecule has 2 amide bonds. The van der Waals surface area contributed by atoms with Gasteiger partial charge >= 0.3 is 24.1 Å². The van der Waals surface area contributed by atoms with Crippen LogP contribution in [0.25, 0.3) is 0 Å². The van der Waals surface area contributed by atoms with E-state index in [2.05, 4.69) is 20.1 Å². The van der Waals surface area contributed by atoms with Gasteiger partial charge in [-0.15, -0.1) is 0 Å². The third-order valence-electron chi connectivity index (χ3n) is 3.50. The molecule has 2 aromatic rings. The first-order valence-corrected chi connectivity index (χ1v) is 8.39. The van der Waals surface area contributed by atoms with Crippen LogP contribution in [0.5, 0.6) is 0 Å². The van der Waals surface area contributed by atoms with Crippen LogP contribution in [-0.4, -0.2) is 24.1 Å². The summed E-state index contributed by atoms with van der Waals surface area (Å²) in [6, 6.07) is 16.2. The number of benzene rings is 2. The molecule has 0 unspecified atom stereocenters. The van der Waals surface area contributed by atoms with Crippen molar-refractivity contribution in [1.29, 1.82) is 10.5 Å². The Morgan fingerprint density at radius 1 is 0.667 bits per heavy atom. The van der Waals surface area contributed by atoms with Crippen LogP contribution in [0.1, 0.15) is 11.1 Å². The molecule has 0 saturated heterocycles. The van der Waals surface area contributed by atoms with Crippen LogP contribution in [0.3, 0.4) is 0 Å². The molecular formula is C20H14N4O6. The number of carbonyl (C=O) groups is 4. The van der Waals surface area contributed by atoms with E-state index in [1.165, 1.54) is 24.3 Å². The van der Waals surface area contributed by atoms with E-state index >= 15 is 0 Å². The number of amides is 2. The second-order valence-corrected chi connectivity index (χ2v) is 5.67. The Morgan fingerprint density at radius 2 is 1.00 bits per heavy atom. The molecule has 0 bridgehead atoms. The van der Waals surface area contributed by atoms with Crippen molar-refractivity contribution in [3.05, 3.63) is 59.7 Å². The van der Waals surface area contributed by atoms with Gasteiger partial charge in [0.1, 0.15) is 0 Å². The van der Waals surface area contributed by atoms with E-state index in [1.807, 2.05) is 12.1 Å². The number of carbonyl (C=O) groups excluding carboxylic acids is 4. The highest BCUT2D eigenvalue weighted by Gasteiger charge is 2.24. The fourth-order valence-corrected chi connectivity index (χ4v) is 2.13. The van der Waals surface area contributed by atoms with E-state index in [-0.39, 0.29) is 24.2 Å². The Bertz CT molecular complexity index is 947. The average Bonchev–Trinajstić information content (AvgIpc) is 2.71. The summed E-state index contributed by atoms with van der Waals surface area (Å²) < 4.78 is 8.52. The van der Waals surface area contributed by atoms with Gasteiger partial charge in [-0.25, -0.2) is 19.2 Å². The molecule has 2 aromatic carbocycles. The maximum absolute atomic E-state index is 11.7. The van der Waals surface area contributed by atoms with Gasteiger partial charge in [-0.3, -0.25) is 10.6 Å². The molecule has 0 heterocycles. The van der Waals surface area contributed by atoms with E-state index in [1.54, 1.807) is 24.3 Å². The maximum atomic E-state index is 11.7. The third kappa shape index (κ3) is 6.79. The summed E-state index contributed by atoms with van der Waals surface area (Å²) in [5.41, 5.74) is 1.98. The molecule has 0 saturated carbocycles. The minimum absolute atomic E-state index is 0.196. The molecule has 0 fully saturated rings. The minimum atomic E-state index is -1.69. The van der Waals surface area contributed by atoms with Gasteiger partial charge in [0.2, 0.25) is 0 Å². The van der Waals surface area contributed by atoms with Crippen molar-refractivity contribution in [3.63, 3.8) is 0 Å². The van der Waals surface area contributed by atoms with Crippen molar-refractivity contribution in [2.75, 3.05) is 10.6 Å². The Morgan fingerprint density at radius 3 is 1.30 bits per heavy atom. The second-order valence-electron chi connectivity index (χ2n) is 5.67. The molecule has 2 N–H and O–H groups in total. The van der Waals surface area contributed by atoms with Crippen LogP contribution in [0.4, 0.5) is 21.0 Å². The first-order chi connectivity index (χ1) is 14.4. The van der Waals surface area contributed by atoms with E-state index in [9.17, 15) is 19.2 Å². The lowest BCUT2D eigenvalue weighted by molar-refractivity contribution is -0.159. The predicted molar refractivity (Wildman–Crippen MR) is 102 cm³/mol. The molecule has 10 heteroatoms. The number of nitrogens with one attached hydrogen (secondary N) is 2. The number of nitrogens with zero attached hydrogens (tertiary/aromatic N) is 2. The molecule has 0 aliphatic rings. The lowest BCUT2D eigenvalue weighted by Gasteiger charge is -2.07. The summed E-state index contributed by atoms with van der Waals surface area (Å²) >= 11 is 0. The number of esters is 2. The van der Waals surface area contributed by atoms with Crippen molar-refractivity contribution >= 4 is 35.5 Å². The van der Waals surface area contributed by atoms with Gasteiger partial charge in [-0.2, -0.15) is 10.5 Å². The number of ether oxygens (including phenoxy) is 2. The largest absolute Gasteiger partial charge is 0.426 e. The maximum Gasteiger partial charge on any atom is 0.426 e. The molecule has 0 aromatic heterocycles. The summed E-state index contributed by atoms with van der Waals surface area (Å²) in [5, 5.41) is 21.6. The topological polar surface area (TPSA) is 158 Å². The Balaban J connectivity index is 1.81. The zero-order valence-electron chi connectivity index (χ0n) is 15.4. The van der Waals surface area contributed by atoms with Crippen molar-refractivity contribution < 1.29 is 28.7 Å². The van der Waals surface area contributed by atoms with Crippen LogP contribution >= 0.6 is 0 Å². The summed E-state index contributed by atoms with van der Waals surface area (Å²) in [7, 11) is 0. The summed E-state index contributed by atoms with van der Waals surface area (Å²) in [6.45, 7) is 0. The van der Waals surface area contributed by atoms with Crippen LogP contribution in [0.15, 0.2) is 48.5 Å². The highest BCUT2D eigenvalue weighted by molar-refractivity contribution is 6.33. The standard InChI is InChI=1S/C20H14N4O6/c21-11-9-13-1-5-15(6-2-13)23-19(27)29-17(25)18(26)30-20(28)24-16-7-3-14(4-8-16)10-12-22/h1-8H,9-10H2,(H,23,27)(H,24,28). The van der Waals surface area contributed by atoms with Crippen LogP contribution in [0.2, 0.25) is 0 Å². The molecule has 2 rings (SSSR count). The summed E-state index contributed by atoms with van der Waals surface area (Å²) in [5.74, 6) is -3.37. The van der Waals surface area contributed by atoms with Crippen molar-refractivity contribution in [1.82, 2.24) is 0 Å². The van der Waals surface area contributed by atoms with E-state index < -0.39 is 24.1 Å². The quantitative estimate of drug-likeness (QED) is 0.445. The molecule has 0 aliphatic carbocycles. The zero-order chi connectivity index (χ0) is 21.9. The van der Waals surface area contributed by atoms with Gasteiger partial charge in [0.25, 0.3) is 0 Å². The fourth-order valence-electron chi connectivity index (χ4n) is 2.13. The zero-order valence-corrected chi connectivity index (χ0v) is 15.4. The first-order valence-electron chi connectivity index (χ1n) is 8.39. The Kier molecular flexibility index (Phi) is 7.62.